The first-order valence-corrected chi connectivity index (χ1v) is 11.5. The van der Waals surface area contributed by atoms with Crippen LogP contribution in [0.15, 0.2) is 41.4 Å². The summed E-state index contributed by atoms with van der Waals surface area (Å²) in [7, 11) is 0. The molecule has 4 rings (SSSR count). The number of fused-ring (bicyclic) bond motifs is 1. The standard InChI is InChI=1S/C17H19N5OS.2C2HF3O2/c1-3-15(9-18-5-1)23-12-16-17-11-21(10-14-4-8-24-13-14)6-2-7-22(17)20-19-16;2*3-2(4,5)1(6)7/h1,3-5,8-9,13H,2,6-7,10-12H2;2*(H,6,7). The van der Waals surface area contributed by atoms with E-state index in [4.69, 9.17) is 24.5 Å². The summed E-state index contributed by atoms with van der Waals surface area (Å²) in [6.45, 7) is 4.23. The highest BCUT2D eigenvalue weighted by Crippen LogP contribution is 2.19. The molecule has 0 amide bonds. The fraction of sp³-hybridized carbons (Fsp3) is 0.381. The number of aryl methyl sites for hydroxylation is 1. The van der Waals surface area contributed by atoms with Gasteiger partial charge in [-0.3, -0.25) is 9.88 Å². The zero-order chi connectivity index (χ0) is 28.3. The summed E-state index contributed by atoms with van der Waals surface area (Å²) in [6.07, 6.45) is -5.63. The molecule has 10 nitrogen and oxygen atoms in total. The van der Waals surface area contributed by atoms with Crippen LogP contribution in [0.2, 0.25) is 0 Å². The van der Waals surface area contributed by atoms with Crippen molar-refractivity contribution in [3.05, 3.63) is 58.3 Å². The van der Waals surface area contributed by atoms with Crippen molar-refractivity contribution in [2.75, 3.05) is 6.54 Å². The lowest BCUT2D eigenvalue weighted by atomic mass is 10.2. The number of rotatable bonds is 5. The van der Waals surface area contributed by atoms with Gasteiger partial charge in [0.25, 0.3) is 0 Å². The summed E-state index contributed by atoms with van der Waals surface area (Å²) in [5, 5.41) is 27.2. The van der Waals surface area contributed by atoms with E-state index in [-0.39, 0.29) is 0 Å². The molecule has 0 saturated carbocycles. The van der Waals surface area contributed by atoms with Gasteiger partial charge in [0.05, 0.1) is 11.9 Å². The first kappa shape index (κ1) is 30.5. The molecule has 17 heteroatoms. The lowest BCUT2D eigenvalue weighted by molar-refractivity contribution is -0.193. The zero-order valence-corrected chi connectivity index (χ0v) is 20.1. The lowest BCUT2D eigenvalue weighted by Crippen LogP contribution is -2.23. The number of thiophene rings is 1. The van der Waals surface area contributed by atoms with E-state index in [1.165, 1.54) is 5.56 Å². The van der Waals surface area contributed by atoms with E-state index in [0.717, 1.165) is 49.7 Å². The second-order valence-electron chi connectivity index (χ2n) is 7.49. The van der Waals surface area contributed by atoms with Crippen molar-refractivity contribution in [3.8, 4) is 5.75 Å². The van der Waals surface area contributed by atoms with Crippen molar-refractivity contribution in [2.24, 2.45) is 0 Å². The number of hydrogen-bond acceptors (Lipinski definition) is 8. The molecule has 0 spiro atoms. The first-order chi connectivity index (χ1) is 17.8. The number of halogens is 6. The zero-order valence-electron chi connectivity index (χ0n) is 19.3. The van der Waals surface area contributed by atoms with Gasteiger partial charge in [-0.2, -0.15) is 37.7 Å². The molecule has 2 N–H and O–H groups in total. The van der Waals surface area contributed by atoms with Gasteiger partial charge < -0.3 is 14.9 Å². The Morgan fingerprint density at radius 1 is 1.05 bits per heavy atom. The van der Waals surface area contributed by atoms with Crippen LogP contribution in [0.3, 0.4) is 0 Å². The van der Waals surface area contributed by atoms with Crippen LogP contribution in [-0.4, -0.2) is 65.9 Å². The van der Waals surface area contributed by atoms with E-state index >= 15 is 0 Å². The second kappa shape index (κ2) is 13.7. The van der Waals surface area contributed by atoms with Crippen molar-refractivity contribution < 1.29 is 50.9 Å². The maximum absolute atomic E-state index is 10.6. The molecule has 0 saturated heterocycles. The number of alkyl halides is 6. The van der Waals surface area contributed by atoms with Crippen LogP contribution in [0, 0.1) is 0 Å². The van der Waals surface area contributed by atoms with Crippen LogP contribution in [0.25, 0.3) is 0 Å². The lowest BCUT2D eigenvalue weighted by Gasteiger charge is -2.19. The second-order valence-corrected chi connectivity index (χ2v) is 8.27. The van der Waals surface area contributed by atoms with E-state index in [0.29, 0.717) is 6.61 Å². The number of carbonyl (C=O) groups is 2. The Morgan fingerprint density at radius 3 is 2.24 bits per heavy atom. The molecule has 0 radical (unpaired) electrons. The third kappa shape index (κ3) is 10.3. The predicted octanol–water partition coefficient (Wildman–Crippen LogP) is 3.99. The molecule has 0 atom stereocenters. The van der Waals surface area contributed by atoms with Crippen LogP contribution < -0.4 is 4.74 Å². The van der Waals surface area contributed by atoms with Crippen molar-refractivity contribution in [2.45, 2.75) is 45.0 Å². The van der Waals surface area contributed by atoms with Crippen LogP contribution in [0.1, 0.15) is 23.4 Å². The molecule has 0 aromatic carbocycles. The van der Waals surface area contributed by atoms with Gasteiger partial charge in [0, 0.05) is 32.4 Å². The highest BCUT2D eigenvalue weighted by Gasteiger charge is 2.38. The minimum Gasteiger partial charge on any atom is -0.486 e. The van der Waals surface area contributed by atoms with Crippen LogP contribution in [0.5, 0.6) is 5.75 Å². The van der Waals surface area contributed by atoms with Gasteiger partial charge in [0.2, 0.25) is 0 Å². The maximum atomic E-state index is 10.6. The van der Waals surface area contributed by atoms with Crippen LogP contribution in [0.4, 0.5) is 26.3 Å². The molecule has 0 aliphatic carbocycles. The minimum absolute atomic E-state index is 0.424. The smallest absolute Gasteiger partial charge is 0.486 e. The fourth-order valence-corrected chi connectivity index (χ4v) is 3.59. The Bertz CT molecular complexity index is 1130. The highest BCUT2D eigenvalue weighted by atomic mass is 32.1. The van der Waals surface area contributed by atoms with Crippen molar-refractivity contribution >= 4 is 23.3 Å². The molecule has 3 aromatic heterocycles. The van der Waals surface area contributed by atoms with E-state index in [1.807, 2.05) is 16.8 Å². The third-order valence-electron chi connectivity index (χ3n) is 4.62. The maximum Gasteiger partial charge on any atom is 0.490 e. The monoisotopic (exact) mass is 569 g/mol. The van der Waals surface area contributed by atoms with Gasteiger partial charge in [-0.25, -0.2) is 14.3 Å². The summed E-state index contributed by atoms with van der Waals surface area (Å²) in [4.78, 5) is 24.3. The average molecular weight is 569 g/mol. The first-order valence-electron chi connectivity index (χ1n) is 10.5. The fourth-order valence-electron chi connectivity index (χ4n) is 2.93. The van der Waals surface area contributed by atoms with Gasteiger partial charge >= 0.3 is 24.3 Å². The summed E-state index contributed by atoms with van der Waals surface area (Å²) in [6, 6.07) is 5.96. The van der Waals surface area contributed by atoms with E-state index in [9.17, 15) is 26.3 Å². The Kier molecular flexibility index (Phi) is 11.0. The normalized spacial score (nSPS) is 13.6. The molecule has 3 aromatic rings. The van der Waals surface area contributed by atoms with Crippen LogP contribution in [-0.2, 0) is 35.8 Å². The summed E-state index contributed by atoms with van der Waals surface area (Å²) in [5.41, 5.74) is 3.44. The molecule has 1 aliphatic heterocycles. The Morgan fingerprint density at radius 2 is 1.71 bits per heavy atom. The van der Waals surface area contributed by atoms with E-state index < -0.39 is 24.3 Å². The number of aliphatic carboxylic acids is 2. The molecule has 4 heterocycles. The SMILES string of the molecule is O=C(O)C(F)(F)F.O=C(O)C(F)(F)F.c1cncc(OCc2nnn3c2CN(Cc2ccsc2)CCC3)c1. The Hall–Kier alpha value is -3.73. The number of carboxylic acid groups (broad SMARTS) is 2. The minimum atomic E-state index is -5.08. The molecular weight excluding hydrogens is 548 g/mol. The predicted molar refractivity (Wildman–Crippen MR) is 119 cm³/mol. The van der Waals surface area contributed by atoms with Gasteiger partial charge in [0.15, 0.2) is 0 Å². The molecule has 208 valence electrons. The Balaban J connectivity index is 0.000000301. The number of ether oxygens (including phenoxy) is 1. The summed E-state index contributed by atoms with van der Waals surface area (Å²) in [5.74, 6) is -4.76. The van der Waals surface area contributed by atoms with Gasteiger partial charge in [-0.05, 0) is 40.9 Å². The number of hydrogen-bond donors (Lipinski definition) is 2. The van der Waals surface area contributed by atoms with E-state index in [2.05, 4.69) is 37.0 Å². The van der Waals surface area contributed by atoms with Crippen molar-refractivity contribution in [3.63, 3.8) is 0 Å². The average Bonchev–Trinajstić information content (AvgIpc) is 3.43. The largest absolute Gasteiger partial charge is 0.490 e. The van der Waals surface area contributed by atoms with E-state index in [1.54, 1.807) is 23.7 Å². The summed E-state index contributed by atoms with van der Waals surface area (Å²) < 4.78 is 71.3. The molecule has 0 unspecified atom stereocenters. The Labute approximate surface area is 215 Å². The van der Waals surface area contributed by atoms with Gasteiger partial charge in [-0.1, -0.05) is 5.21 Å². The molecule has 0 fully saturated rings. The third-order valence-corrected chi connectivity index (χ3v) is 5.35. The molecule has 1 aliphatic rings. The number of pyridine rings is 1. The molecule has 0 bridgehead atoms. The van der Waals surface area contributed by atoms with Crippen molar-refractivity contribution in [1.29, 1.82) is 0 Å². The summed E-state index contributed by atoms with van der Waals surface area (Å²) >= 11 is 1.75. The molecular formula is C21H21F6N5O5S. The number of carboxylic acids is 2. The van der Waals surface area contributed by atoms with Gasteiger partial charge in [0.1, 0.15) is 18.1 Å². The molecule has 38 heavy (non-hydrogen) atoms. The highest BCUT2D eigenvalue weighted by molar-refractivity contribution is 7.07. The quantitative estimate of drug-likeness (QED) is 0.438. The number of aromatic nitrogens is 4. The van der Waals surface area contributed by atoms with Crippen LogP contribution >= 0.6 is 11.3 Å². The topological polar surface area (TPSA) is 131 Å². The van der Waals surface area contributed by atoms with Crippen molar-refractivity contribution in [1.82, 2.24) is 24.9 Å². The van der Waals surface area contributed by atoms with Gasteiger partial charge in [-0.15, -0.1) is 5.10 Å². The number of nitrogens with zero attached hydrogens (tertiary/aromatic N) is 5.